The van der Waals surface area contributed by atoms with Crippen LogP contribution in [0.4, 0.5) is 0 Å². The van der Waals surface area contributed by atoms with E-state index in [0.29, 0.717) is 17.9 Å². The topological polar surface area (TPSA) is 30.5 Å². The van der Waals surface area contributed by atoms with Crippen molar-refractivity contribution < 1.29 is 9.47 Å². The largest absolute Gasteiger partial charge is 0.496 e. The average molecular weight is 291 g/mol. The Balaban J connectivity index is 2.45. The van der Waals surface area contributed by atoms with Gasteiger partial charge >= 0.3 is 0 Å². The molecule has 0 spiro atoms. The minimum Gasteiger partial charge on any atom is -0.496 e. The van der Waals surface area contributed by atoms with Gasteiger partial charge in [-0.2, -0.15) is 0 Å². The lowest BCUT2D eigenvalue weighted by molar-refractivity contribution is 0.0477. The quantitative estimate of drug-likeness (QED) is 0.919. The lowest BCUT2D eigenvalue weighted by Gasteiger charge is -2.31. The van der Waals surface area contributed by atoms with Crippen LogP contribution in [0, 0.1) is 25.7 Å². The van der Waals surface area contributed by atoms with Gasteiger partial charge in [0.25, 0.3) is 0 Å². The standard InChI is InChI=1S/C18H29NO2/c1-10-8-9-15(18(20-7)11(10)2)17(19-6)16-12(3)13(4)21-14(16)5/h8-9,12-14,16-17,19H,1-7H3. The maximum absolute atomic E-state index is 6.04. The van der Waals surface area contributed by atoms with Crippen molar-refractivity contribution in [3.63, 3.8) is 0 Å². The van der Waals surface area contributed by atoms with Crippen molar-refractivity contribution in [3.8, 4) is 5.75 Å². The van der Waals surface area contributed by atoms with Crippen LogP contribution in [-0.2, 0) is 4.74 Å². The van der Waals surface area contributed by atoms with E-state index < -0.39 is 0 Å². The second-order valence-corrected chi connectivity index (χ2v) is 6.38. The summed E-state index contributed by atoms with van der Waals surface area (Å²) in [7, 11) is 3.79. The molecule has 1 aliphatic rings. The lowest BCUT2D eigenvalue weighted by atomic mass is 9.79. The summed E-state index contributed by atoms with van der Waals surface area (Å²) in [5.41, 5.74) is 3.73. The minimum absolute atomic E-state index is 0.245. The van der Waals surface area contributed by atoms with Crippen molar-refractivity contribution >= 4 is 0 Å². The van der Waals surface area contributed by atoms with Gasteiger partial charge in [0.15, 0.2) is 0 Å². The van der Waals surface area contributed by atoms with Crippen LogP contribution in [0.25, 0.3) is 0 Å². The van der Waals surface area contributed by atoms with E-state index >= 15 is 0 Å². The number of nitrogens with one attached hydrogen (secondary N) is 1. The molecular weight excluding hydrogens is 262 g/mol. The molecule has 0 aromatic heterocycles. The predicted octanol–water partition coefficient (Wildman–Crippen LogP) is 3.63. The van der Waals surface area contributed by atoms with Crippen LogP contribution in [-0.4, -0.2) is 26.4 Å². The minimum atomic E-state index is 0.245. The molecule has 2 rings (SSSR count). The fourth-order valence-electron chi connectivity index (χ4n) is 3.75. The van der Waals surface area contributed by atoms with Crippen molar-refractivity contribution in [2.75, 3.05) is 14.2 Å². The van der Waals surface area contributed by atoms with E-state index in [4.69, 9.17) is 9.47 Å². The van der Waals surface area contributed by atoms with Crippen LogP contribution in [0.5, 0.6) is 5.75 Å². The summed E-state index contributed by atoms with van der Waals surface area (Å²) in [5, 5.41) is 3.50. The molecule has 5 atom stereocenters. The summed E-state index contributed by atoms with van der Waals surface area (Å²) in [6.07, 6.45) is 0.553. The molecule has 1 aromatic carbocycles. The van der Waals surface area contributed by atoms with Crippen molar-refractivity contribution in [3.05, 3.63) is 28.8 Å². The van der Waals surface area contributed by atoms with Gasteiger partial charge in [-0.05, 0) is 51.8 Å². The smallest absolute Gasteiger partial charge is 0.126 e. The highest BCUT2D eigenvalue weighted by atomic mass is 16.5. The molecule has 1 fully saturated rings. The highest BCUT2D eigenvalue weighted by molar-refractivity contribution is 5.47. The van der Waals surface area contributed by atoms with Gasteiger partial charge in [-0.3, -0.25) is 0 Å². The van der Waals surface area contributed by atoms with Crippen molar-refractivity contribution in [2.24, 2.45) is 11.8 Å². The molecule has 1 saturated heterocycles. The molecule has 0 bridgehead atoms. The Morgan fingerprint density at radius 3 is 2.29 bits per heavy atom. The Morgan fingerprint density at radius 2 is 1.81 bits per heavy atom. The average Bonchev–Trinajstić information content (AvgIpc) is 2.70. The van der Waals surface area contributed by atoms with Crippen molar-refractivity contribution in [1.82, 2.24) is 5.32 Å². The second-order valence-electron chi connectivity index (χ2n) is 6.38. The van der Waals surface area contributed by atoms with Crippen molar-refractivity contribution in [1.29, 1.82) is 0 Å². The summed E-state index contributed by atoms with van der Waals surface area (Å²) in [6.45, 7) is 10.9. The van der Waals surface area contributed by atoms with Gasteiger partial charge in [0.05, 0.1) is 19.3 Å². The van der Waals surface area contributed by atoms with Gasteiger partial charge in [0, 0.05) is 17.5 Å². The number of methoxy groups -OCH3 is 1. The second kappa shape index (κ2) is 6.37. The van der Waals surface area contributed by atoms with Crippen LogP contribution in [0.15, 0.2) is 12.1 Å². The van der Waals surface area contributed by atoms with E-state index in [-0.39, 0.29) is 12.1 Å². The van der Waals surface area contributed by atoms with E-state index in [9.17, 15) is 0 Å². The molecule has 3 nitrogen and oxygen atoms in total. The summed E-state index contributed by atoms with van der Waals surface area (Å²) in [4.78, 5) is 0. The summed E-state index contributed by atoms with van der Waals surface area (Å²) in [6, 6.07) is 4.63. The number of benzene rings is 1. The maximum atomic E-state index is 6.04. The molecule has 1 heterocycles. The first-order chi connectivity index (χ1) is 9.92. The van der Waals surface area contributed by atoms with Crippen LogP contribution in [0.1, 0.15) is 43.5 Å². The number of rotatable bonds is 4. The third-order valence-corrected chi connectivity index (χ3v) is 5.26. The molecular formula is C18H29NO2. The Bertz CT molecular complexity index is 500. The van der Waals surface area contributed by atoms with E-state index in [2.05, 4.69) is 52.1 Å². The first-order valence-corrected chi connectivity index (χ1v) is 7.89. The van der Waals surface area contributed by atoms with Crippen LogP contribution in [0.3, 0.4) is 0 Å². The maximum Gasteiger partial charge on any atom is 0.126 e. The lowest BCUT2D eigenvalue weighted by Crippen LogP contribution is -2.33. The number of hydrogen-bond donors (Lipinski definition) is 1. The zero-order valence-electron chi connectivity index (χ0n) is 14.4. The SMILES string of the molecule is CNC(c1ccc(C)c(C)c1OC)C1C(C)OC(C)C1C. The molecule has 1 aliphatic heterocycles. The van der Waals surface area contributed by atoms with Gasteiger partial charge in [0.1, 0.15) is 5.75 Å². The fourth-order valence-corrected chi connectivity index (χ4v) is 3.75. The Hall–Kier alpha value is -1.06. The van der Waals surface area contributed by atoms with E-state index in [1.807, 2.05) is 7.05 Å². The third-order valence-electron chi connectivity index (χ3n) is 5.26. The molecule has 3 heteroatoms. The fraction of sp³-hybridized carbons (Fsp3) is 0.667. The highest BCUT2D eigenvalue weighted by Crippen LogP contribution is 2.43. The molecule has 0 saturated carbocycles. The molecule has 0 aliphatic carbocycles. The summed E-state index contributed by atoms with van der Waals surface area (Å²) >= 11 is 0. The van der Waals surface area contributed by atoms with Gasteiger partial charge in [0.2, 0.25) is 0 Å². The molecule has 5 unspecified atom stereocenters. The zero-order chi connectivity index (χ0) is 15.7. The van der Waals surface area contributed by atoms with Gasteiger partial charge in [-0.1, -0.05) is 19.1 Å². The monoisotopic (exact) mass is 291 g/mol. The molecule has 1 aromatic rings. The normalized spacial score (nSPS) is 30.4. The van der Waals surface area contributed by atoms with E-state index in [1.165, 1.54) is 16.7 Å². The van der Waals surface area contributed by atoms with Crippen LogP contribution < -0.4 is 10.1 Å². The summed E-state index contributed by atoms with van der Waals surface area (Å²) in [5.74, 6) is 1.97. The first-order valence-electron chi connectivity index (χ1n) is 7.89. The van der Waals surface area contributed by atoms with Crippen molar-refractivity contribution in [2.45, 2.75) is 52.9 Å². The van der Waals surface area contributed by atoms with E-state index in [0.717, 1.165) is 5.75 Å². The number of aryl methyl sites for hydroxylation is 1. The molecule has 0 radical (unpaired) electrons. The molecule has 1 N–H and O–H groups in total. The zero-order valence-corrected chi connectivity index (χ0v) is 14.4. The van der Waals surface area contributed by atoms with Crippen LogP contribution in [0.2, 0.25) is 0 Å². The Kier molecular flexibility index (Phi) is 4.95. The highest BCUT2D eigenvalue weighted by Gasteiger charge is 2.42. The Morgan fingerprint density at radius 1 is 1.14 bits per heavy atom. The van der Waals surface area contributed by atoms with Gasteiger partial charge in [-0.25, -0.2) is 0 Å². The first kappa shape index (κ1) is 16.3. The molecule has 21 heavy (non-hydrogen) atoms. The molecule has 0 amide bonds. The van der Waals surface area contributed by atoms with E-state index in [1.54, 1.807) is 7.11 Å². The summed E-state index contributed by atoms with van der Waals surface area (Å²) < 4.78 is 11.8. The third kappa shape index (κ3) is 2.82. The van der Waals surface area contributed by atoms with Gasteiger partial charge in [-0.15, -0.1) is 0 Å². The number of ether oxygens (including phenoxy) is 2. The predicted molar refractivity (Wildman–Crippen MR) is 86.9 cm³/mol. The van der Waals surface area contributed by atoms with Gasteiger partial charge < -0.3 is 14.8 Å². The molecule has 118 valence electrons. The number of hydrogen-bond acceptors (Lipinski definition) is 3. The van der Waals surface area contributed by atoms with Crippen LogP contribution >= 0.6 is 0 Å². The Labute approximate surface area is 129 Å².